The SMILES string of the molecule is C=C/C(Br)=C(CCCCC)\C(C)=C(/C)NCc1cccc(C(=O)OC)c1. The number of allylic oxidation sites excluding steroid dienone is 5. The Balaban J connectivity index is 2.90. The lowest BCUT2D eigenvalue weighted by Gasteiger charge is -2.16. The highest BCUT2D eigenvalue weighted by Gasteiger charge is 2.09. The average Bonchev–Trinajstić information content (AvgIpc) is 2.67. The molecule has 1 rings (SSSR count). The molecule has 142 valence electrons. The first-order valence-electron chi connectivity index (χ1n) is 9.04. The Morgan fingerprint density at radius 2 is 2.04 bits per heavy atom. The third-order valence-corrected chi connectivity index (χ3v) is 5.22. The number of halogens is 1. The van der Waals surface area contributed by atoms with Gasteiger partial charge >= 0.3 is 5.97 Å². The van der Waals surface area contributed by atoms with Gasteiger partial charge in [-0.15, -0.1) is 0 Å². The fourth-order valence-electron chi connectivity index (χ4n) is 2.68. The number of hydrogen-bond donors (Lipinski definition) is 1. The monoisotopic (exact) mass is 419 g/mol. The molecule has 0 saturated carbocycles. The molecule has 0 saturated heterocycles. The van der Waals surface area contributed by atoms with Crippen molar-refractivity contribution in [1.82, 2.24) is 5.32 Å². The summed E-state index contributed by atoms with van der Waals surface area (Å²) in [5.41, 5.74) is 5.26. The van der Waals surface area contributed by atoms with E-state index in [0.717, 1.165) is 22.2 Å². The van der Waals surface area contributed by atoms with E-state index in [1.807, 2.05) is 24.3 Å². The molecule has 0 radical (unpaired) electrons. The van der Waals surface area contributed by atoms with E-state index in [0.29, 0.717) is 12.1 Å². The van der Waals surface area contributed by atoms with Gasteiger partial charge in [0.1, 0.15) is 0 Å². The molecule has 1 N–H and O–H groups in total. The van der Waals surface area contributed by atoms with Crippen LogP contribution >= 0.6 is 15.9 Å². The molecule has 0 aromatic heterocycles. The molecular formula is C22H30BrNO2. The molecule has 1 aromatic rings. The van der Waals surface area contributed by atoms with Gasteiger partial charge in [0.05, 0.1) is 12.7 Å². The van der Waals surface area contributed by atoms with E-state index in [1.165, 1.54) is 37.5 Å². The normalized spacial score (nSPS) is 12.8. The van der Waals surface area contributed by atoms with Crippen LogP contribution in [0.25, 0.3) is 0 Å². The van der Waals surface area contributed by atoms with Crippen molar-refractivity contribution < 1.29 is 9.53 Å². The molecule has 0 spiro atoms. The number of benzene rings is 1. The maximum absolute atomic E-state index is 11.7. The second kappa shape index (κ2) is 11.7. The highest BCUT2D eigenvalue weighted by Crippen LogP contribution is 2.27. The lowest BCUT2D eigenvalue weighted by atomic mass is 9.98. The maximum atomic E-state index is 11.7. The molecule has 0 aliphatic rings. The van der Waals surface area contributed by atoms with E-state index in [2.05, 4.69) is 48.6 Å². The van der Waals surface area contributed by atoms with Gasteiger partial charge in [-0.25, -0.2) is 4.79 Å². The molecule has 0 fully saturated rings. The summed E-state index contributed by atoms with van der Waals surface area (Å²) in [7, 11) is 1.40. The summed E-state index contributed by atoms with van der Waals surface area (Å²) in [5, 5.41) is 3.47. The van der Waals surface area contributed by atoms with Crippen LogP contribution in [-0.2, 0) is 11.3 Å². The van der Waals surface area contributed by atoms with E-state index in [9.17, 15) is 4.79 Å². The van der Waals surface area contributed by atoms with Crippen molar-refractivity contribution in [2.45, 2.75) is 53.0 Å². The minimum absolute atomic E-state index is 0.314. The smallest absolute Gasteiger partial charge is 0.337 e. The van der Waals surface area contributed by atoms with E-state index >= 15 is 0 Å². The molecule has 0 bridgehead atoms. The second-order valence-corrected chi connectivity index (χ2v) is 7.14. The zero-order valence-electron chi connectivity index (χ0n) is 16.3. The van der Waals surface area contributed by atoms with Crippen LogP contribution in [0.5, 0.6) is 0 Å². The van der Waals surface area contributed by atoms with Crippen molar-refractivity contribution in [2.24, 2.45) is 0 Å². The van der Waals surface area contributed by atoms with E-state index in [4.69, 9.17) is 4.74 Å². The van der Waals surface area contributed by atoms with Crippen molar-refractivity contribution in [1.29, 1.82) is 0 Å². The number of unbranched alkanes of at least 4 members (excludes halogenated alkanes) is 2. The predicted molar refractivity (Wildman–Crippen MR) is 113 cm³/mol. The summed E-state index contributed by atoms with van der Waals surface area (Å²) in [6.45, 7) is 11.0. The van der Waals surface area contributed by atoms with Crippen LogP contribution < -0.4 is 5.32 Å². The largest absolute Gasteiger partial charge is 0.465 e. The molecule has 0 aliphatic heterocycles. The average molecular weight is 420 g/mol. The molecular weight excluding hydrogens is 390 g/mol. The van der Waals surface area contributed by atoms with Gasteiger partial charge < -0.3 is 10.1 Å². The molecule has 4 heteroatoms. The molecule has 3 nitrogen and oxygen atoms in total. The van der Waals surface area contributed by atoms with Crippen molar-refractivity contribution >= 4 is 21.9 Å². The number of nitrogens with one attached hydrogen (secondary N) is 1. The molecule has 0 heterocycles. The summed E-state index contributed by atoms with van der Waals surface area (Å²) in [4.78, 5) is 11.7. The zero-order valence-corrected chi connectivity index (χ0v) is 17.9. The number of carbonyl (C=O) groups is 1. The summed E-state index contributed by atoms with van der Waals surface area (Å²) >= 11 is 3.64. The second-order valence-electron chi connectivity index (χ2n) is 6.28. The molecule has 1 aromatic carbocycles. The summed E-state index contributed by atoms with van der Waals surface area (Å²) in [6, 6.07) is 7.50. The van der Waals surface area contributed by atoms with Crippen LogP contribution in [0.15, 0.2) is 58.2 Å². The zero-order chi connectivity index (χ0) is 19.5. The molecule has 0 aliphatic carbocycles. The standard InChI is InChI=1S/C22H30BrNO2/c1-6-8-9-13-20(21(23)7-2)16(3)17(4)24-15-18-11-10-12-19(14-18)22(25)26-5/h7,10-12,14,24H,2,6,8-9,13,15H2,1,3-5H3/b17-16+,21-20+. The number of carbonyl (C=O) groups excluding carboxylic acids is 1. The fourth-order valence-corrected chi connectivity index (χ4v) is 3.18. The summed E-state index contributed by atoms with van der Waals surface area (Å²) in [5.74, 6) is -0.314. The van der Waals surface area contributed by atoms with Gasteiger partial charge in [0.15, 0.2) is 0 Å². The molecule has 0 unspecified atom stereocenters. The molecule has 0 atom stereocenters. The number of esters is 1. The van der Waals surface area contributed by atoms with Crippen molar-refractivity contribution in [3.8, 4) is 0 Å². The minimum Gasteiger partial charge on any atom is -0.465 e. The van der Waals surface area contributed by atoms with Crippen molar-refractivity contribution in [2.75, 3.05) is 7.11 Å². The van der Waals surface area contributed by atoms with Crippen LogP contribution in [0.3, 0.4) is 0 Å². The van der Waals surface area contributed by atoms with E-state index in [-0.39, 0.29) is 5.97 Å². The Morgan fingerprint density at radius 1 is 1.31 bits per heavy atom. The van der Waals surface area contributed by atoms with Crippen molar-refractivity contribution in [3.05, 3.63) is 69.4 Å². The highest BCUT2D eigenvalue weighted by atomic mass is 79.9. The summed E-state index contributed by atoms with van der Waals surface area (Å²) in [6.07, 6.45) is 6.48. The van der Waals surface area contributed by atoms with Crippen LogP contribution in [0.4, 0.5) is 0 Å². The first-order chi connectivity index (χ1) is 12.4. The minimum atomic E-state index is -0.314. The van der Waals surface area contributed by atoms with Crippen molar-refractivity contribution in [3.63, 3.8) is 0 Å². The third kappa shape index (κ3) is 6.83. The third-order valence-electron chi connectivity index (χ3n) is 4.42. The Hall–Kier alpha value is -1.81. The van der Waals surface area contributed by atoms with Crippen LogP contribution in [0.1, 0.15) is 62.4 Å². The van der Waals surface area contributed by atoms with E-state index in [1.54, 1.807) is 6.07 Å². The lowest BCUT2D eigenvalue weighted by Crippen LogP contribution is -2.13. The highest BCUT2D eigenvalue weighted by molar-refractivity contribution is 9.11. The molecule has 26 heavy (non-hydrogen) atoms. The maximum Gasteiger partial charge on any atom is 0.337 e. The number of ether oxygens (including phenoxy) is 1. The van der Waals surface area contributed by atoms with Gasteiger partial charge in [-0.2, -0.15) is 0 Å². The van der Waals surface area contributed by atoms with E-state index < -0.39 is 0 Å². The Morgan fingerprint density at radius 3 is 2.65 bits per heavy atom. The Kier molecular flexibility index (Phi) is 10.0. The van der Waals surface area contributed by atoms with Gasteiger partial charge in [0, 0.05) is 16.7 Å². The first-order valence-corrected chi connectivity index (χ1v) is 9.83. The predicted octanol–water partition coefficient (Wildman–Crippen LogP) is 6.27. The van der Waals surface area contributed by atoms with Gasteiger partial charge in [-0.3, -0.25) is 0 Å². The van der Waals surface area contributed by atoms with Gasteiger partial charge in [0.2, 0.25) is 0 Å². The Labute approximate surface area is 166 Å². The fraction of sp³-hybridized carbons (Fsp3) is 0.409. The number of hydrogen-bond acceptors (Lipinski definition) is 3. The van der Waals surface area contributed by atoms with Crippen LogP contribution in [0, 0.1) is 0 Å². The van der Waals surface area contributed by atoms with Crippen LogP contribution in [-0.4, -0.2) is 13.1 Å². The number of methoxy groups -OCH3 is 1. The van der Waals surface area contributed by atoms with Gasteiger partial charge in [-0.05, 0) is 55.5 Å². The van der Waals surface area contributed by atoms with Crippen LogP contribution in [0.2, 0.25) is 0 Å². The molecule has 0 amide bonds. The first kappa shape index (κ1) is 22.2. The quantitative estimate of drug-likeness (QED) is 0.275. The Bertz CT molecular complexity index is 689. The van der Waals surface area contributed by atoms with Gasteiger partial charge in [0.25, 0.3) is 0 Å². The number of rotatable bonds is 10. The lowest BCUT2D eigenvalue weighted by molar-refractivity contribution is 0.0600. The van der Waals surface area contributed by atoms with Gasteiger partial charge in [-0.1, -0.05) is 60.5 Å². The summed E-state index contributed by atoms with van der Waals surface area (Å²) < 4.78 is 5.84. The topological polar surface area (TPSA) is 38.3 Å².